The van der Waals surface area contributed by atoms with E-state index in [1.54, 1.807) is 0 Å². The summed E-state index contributed by atoms with van der Waals surface area (Å²) >= 11 is 0. The Kier molecular flexibility index (Phi) is 5.27. The number of carbonyl (C=O) groups excluding carboxylic acids is 2. The average molecular weight is 295 g/mol. The number of amides is 2. The topological polar surface area (TPSA) is 85.0 Å². The molecule has 0 bridgehead atoms. The molecule has 1 fully saturated rings. The number of nitriles is 2. The lowest BCUT2D eigenvalue weighted by atomic mass is 9.98. The number of carbonyl (C=O) groups is 2. The highest BCUT2D eigenvalue weighted by Gasteiger charge is 2.39. The maximum atomic E-state index is 12.4. The van der Waals surface area contributed by atoms with Crippen molar-refractivity contribution in [1.82, 2.24) is 4.90 Å². The van der Waals surface area contributed by atoms with Gasteiger partial charge in [0.05, 0.1) is 24.0 Å². The van der Waals surface area contributed by atoms with Crippen molar-refractivity contribution < 1.29 is 9.59 Å². The van der Waals surface area contributed by atoms with Gasteiger partial charge in [0.1, 0.15) is 0 Å². The third-order valence-corrected chi connectivity index (χ3v) is 3.85. The average Bonchev–Trinajstić information content (AvgIpc) is 2.79. The van der Waals surface area contributed by atoms with Gasteiger partial charge < -0.3 is 0 Å². The summed E-state index contributed by atoms with van der Waals surface area (Å²) in [5.41, 5.74) is 1.02. The lowest BCUT2D eigenvalue weighted by molar-refractivity contribution is -0.139. The lowest BCUT2D eigenvalue weighted by Crippen LogP contribution is -2.35. The van der Waals surface area contributed by atoms with Crippen molar-refractivity contribution in [3.63, 3.8) is 0 Å². The highest BCUT2D eigenvalue weighted by atomic mass is 16.2. The first-order valence-corrected chi connectivity index (χ1v) is 7.30. The molecule has 1 heterocycles. The molecule has 0 N–H and O–H groups in total. The molecule has 0 spiro atoms. The van der Waals surface area contributed by atoms with Gasteiger partial charge in [-0.1, -0.05) is 30.3 Å². The van der Waals surface area contributed by atoms with Crippen LogP contribution in [0.5, 0.6) is 0 Å². The lowest BCUT2D eigenvalue weighted by Gasteiger charge is -2.17. The second-order valence-electron chi connectivity index (χ2n) is 5.46. The van der Waals surface area contributed by atoms with Gasteiger partial charge in [0.2, 0.25) is 11.8 Å². The predicted molar refractivity (Wildman–Crippen MR) is 78.9 cm³/mol. The van der Waals surface area contributed by atoms with Gasteiger partial charge in [-0.05, 0) is 18.4 Å². The number of nitrogens with zero attached hydrogens (tertiary/aromatic N) is 3. The summed E-state index contributed by atoms with van der Waals surface area (Å²) in [6, 6.07) is 13.6. The van der Waals surface area contributed by atoms with Gasteiger partial charge in [0.15, 0.2) is 0 Å². The number of hydrogen-bond donors (Lipinski definition) is 0. The van der Waals surface area contributed by atoms with Gasteiger partial charge in [0, 0.05) is 19.4 Å². The fourth-order valence-corrected chi connectivity index (χ4v) is 2.66. The van der Waals surface area contributed by atoms with Crippen molar-refractivity contribution in [1.29, 1.82) is 10.5 Å². The Morgan fingerprint density at radius 3 is 2.59 bits per heavy atom. The van der Waals surface area contributed by atoms with E-state index >= 15 is 0 Å². The first kappa shape index (κ1) is 15.7. The van der Waals surface area contributed by atoms with Crippen LogP contribution in [0.2, 0.25) is 0 Å². The van der Waals surface area contributed by atoms with Gasteiger partial charge in [-0.15, -0.1) is 0 Å². The van der Waals surface area contributed by atoms with E-state index in [0.29, 0.717) is 12.8 Å². The standard InChI is InChI=1S/C17H17N3O2/c18-8-4-7-14(11-19)12-20-16(21)10-15(17(20)22)9-13-5-2-1-3-6-13/h1-3,5-6,14-15H,4,7,9-10,12H2/t14-,15-/m1/s1. The van der Waals surface area contributed by atoms with E-state index in [4.69, 9.17) is 10.5 Å². The summed E-state index contributed by atoms with van der Waals surface area (Å²) in [7, 11) is 0. The molecule has 0 radical (unpaired) electrons. The second kappa shape index (κ2) is 7.38. The predicted octanol–water partition coefficient (Wildman–Crippen LogP) is 2.05. The van der Waals surface area contributed by atoms with Crippen LogP contribution in [-0.2, 0) is 16.0 Å². The molecule has 1 aliphatic rings. The molecule has 2 amide bonds. The summed E-state index contributed by atoms with van der Waals surface area (Å²) in [6.07, 6.45) is 1.37. The Balaban J connectivity index is 2.00. The van der Waals surface area contributed by atoms with Gasteiger partial charge in [-0.2, -0.15) is 10.5 Å². The quantitative estimate of drug-likeness (QED) is 0.752. The zero-order valence-electron chi connectivity index (χ0n) is 12.2. The van der Waals surface area contributed by atoms with Crippen molar-refractivity contribution in [2.75, 3.05) is 6.54 Å². The number of benzene rings is 1. The maximum absolute atomic E-state index is 12.4. The first-order valence-electron chi connectivity index (χ1n) is 7.30. The molecule has 112 valence electrons. The van der Waals surface area contributed by atoms with E-state index < -0.39 is 5.92 Å². The third-order valence-electron chi connectivity index (χ3n) is 3.85. The van der Waals surface area contributed by atoms with Gasteiger partial charge in [0.25, 0.3) is 0 Å². The summed E-state index contributed by atoms with van der Waals surface area (Å²) in [5, 5.41) is 17.7. The minimum absolute atomic E-state index is 0.0983. The van der Waals surface area contributed by atoms with Crippen LogP contribution in [-0.4, -0.2) is 23.3 Å². The monoisotopic (exact) mass is 295 g/mol. The van der Waals surface area contributed by atoms with Crippen LogP contribution >= 0.6 is 0 Å². The maximum Gasteiger partial charge on any atom is 0.233 e. The van der Waals surface area contributed by atoms with Crippen LogP contribution in [0, 0.1) is 34.5 Å². The highest BCUT2D eigenvalue weighted by molar-refractivity contribution is 6.03. The molecule has 5 heteroatoms. The van der Waals surface area contributed by atoms with Crippen molar-refractivity contribution in [3.05, 3.63) is 35.9 Å². The zero-order chi connectivity index (χ0) is 15.9. The van der Waals surface area contributed by atoms with E-state index in [0.717, 1.165) is 5.56 Å². The molecule has 1 saturated heterocycles. The molecular formula is C17H17N3O2. The second-order valence-corrected chi connectivity index (χ2v) is 5.46. The molecule has 2 atom stereocenters. The van der Waals surface area contributed by atoms with Crippen LogP contribution in [0.25, 0.3) is 0 Å². The van der Waals surface area contributed by atoms with E-state index in [9.17, 15) is 9.59 Å². The third kappa shape index (κ3) is 3.71. The van der Waals surface area contributed by atoms with Crippen molar-refractivity contribution >= 4 is 11.8 Å². The van der Waals surface area contributed by atoms with Crippen molar-refractivity contribution in [2.45, 2.75) is 25.7 Å². The van der Waals surface area contributed by atoms with Crippen LogP contribution in [0.4, 0.5) is 0 Å². The van der Waals surface area contributed by atoms with Crippen LogP contribution in [0.15, 0.2) is 30.3 Å². The summed E-state index contributed by atoms with van der Waals surface area (Å²) < 4.78 is 0. The molecule has 0 aromatic heterocycles. The Hall–Kier alpha value is -2.66. The van der Waals surface area contributed by atoms with Gasteiger partial charge in [-0.25, -0.2) is 0 Å². The molecular weight excluding hydrogens is 278 g/mol. The number of likely N-dealkylation sites (tertiary alicyclic amines) is 1. The molecule has 1 aromatic carbocycles. The van der Waals surface area contributed by atoms with Gasteiger partial charge >= 0.3 is 0 Å². The summed E-state index contributed by atoms with van der Waals surface area (Å²) in [5.74, 6) is -1.23. The number of rotatable bonds is 6. The number of imide groups is 1. The Morgan fingerprint density at radius 1 is 1.23 bits per heavy atom. The molecule has 0 saturated carbocycles. The molecule has 1 aromatic rings. The SMILES string of the molecule is N#CCC[C@H](C#N)CN1C(=O)C[C@@H](Cc2ccccc2)C1=O. The number of hydrogen-bond acceptors (Lipinski definition) is 4. The normalized spacial score (nSPS) is 18.8. The van der Waals surface area contributed by atoms with Crippen LogP contribution < -0.4 is 0 Å². The zero-order valence-corrected chi connectivity index (χ0v) is 12.2. The van der Waals surface area contributed by atoms with E-state index in [-0.39, 0.29) is 37.1 Å². The highest BCUT2D eigenvalue weighted by Crippen LogP contribution is 2.25. The largest absolute Gasteiger partial charge is 0.281 e. The molecule has 1 aliphatic heterocycles. The molecule has 0 aliphatic carbocycles. The van der Waals surface area contributed by atoms with Crippen molar-refractivity contribution in [3.8, 4) is 12.1 Å². The fraction of sp³-hybridized carbons (Fsp3) is 0.412. The molecule has 22 heavy (non-hydrogen) atoms. The Labute approximate surface area is 129 Å². The smallest absolute Gasteiger partial charge is 0.233 e. The molecule has 2 rings (SSSR count). The fourth-order valence-electron chi connectivity index (χ4n) is 2.66. The van der Waals surface area contributed by atoms with Crippen molar-refractivity contribution in [2.24, 2.45) is 11.8 Å². The minimum atomic E-state index is -0.469. The van der Waals surface area contributed by atoms with E-state index in [1.807, 2.05) is 36.4 Å². The van der Waals surface area contributed by atoms with E-state index in [1.165, 1.54) is 4.90 Å². The Morgan fingerprint density at radius 2 is 1.95 bits per heavy atom. The molecule has 5 nitrogen and oxygen atoms in total. The van der Waals surface area contributed by atoms with E-state index in [2.05, 4.69) is 6.07 Å². The summed E-state index contributed by atoms with van der Waals surface area (Å²) in [6.45, 7) is 0.0983. The molecule has 0 unspecified atom stereocenters. The van der Waals surface area contributed by atoms with Crippen LogP contribution in [0.3, 0.4) is 0 Å². The minimum Gasteiger partial charge on any atom is -0.281 e. The first-order chi connectivity index (χ1) is 10.7. The summed E-state index contributed by atoms with van der Waals surface area (Å²) in [4.78, 5) is 25.6. The van der Waals surface area contributed by atoms with Gasteiger partial charge in [-0.3, -0.25) is 14.5 Å². The van der Waals surface area contributed by atoms with Crippen LogP contribution in [0.1, 0.15) is 24.8 Å². The Bertz CT molecular complexity index is 628.